The van der Waals surface area contributed by atoms with Crippen molar-refractivity contribution in [2.75, 3.05) is 13.2 Å². The van der Waals surface area contributed by atoms with Crippen LogP contribution in [0.4, 0.5) is 0 Å². The average Bonchev–Trinajstić information content (AvgIpc) is 2.78. The summed E-state index contributed by atoms with van der Waals surface area (Å²) in [5.74, 6) is 0.671. The summed E-state index contributed by atoms with van der Waals surface area (Å²) in [5.41, 5.74) is 2.72. The van der Waals surface area contributed by atoms with E-state index in [9.17, 15) is 0 Å². The fourth-order valence-corrected chi connectivity index (χ4v) is 2.63. The Morgan fingerprint density at radius 3 is 2.61 bits per heavy atom. The summed E-state index contributed by atoms with van der Waals surface area (Å²) in [4.78, 5) is 0. The molecule has 0 radical (unpaired) electrons. The number of rotatable bonds is 5. The van der Waals surface area contributed by atoms with Gasteiger partial charge in [-0.2, -0.15) is 0 Å². The molecule has 18 heavy (non-hydrogen) atoms. The highest BCUT2D eigenvalue weighted by Crippen LogP contribution is 2.22. The number of hydrogen-bond donors (Lipinski definition) is 1. The molecular weight excluding hydrogens is 222 g/mol. The molecule has 100 valence electrons. The molecule has 1 aromatic carbocycles. The smallest absolute Gasteiger partial charge is 0.0588 e. The van der Waals surface area contributed by atoms with Crippen molar-refractivity contribution >= 4 is 0 Å². The molecule has 0 amide bonds. The van der Waals surface area contributed by atoms with Crippen molar-refractivity contribution in [3.63, 3.8) is 0 Å². The first-order valence-corrected chi connectivity index (χ1v) is 7.12. The molecule has 1 aliphatic rings. The average molecular weight is 247 g/mol. The van der Waals surface area contributed by atoms with Gasteiger partial charge in [-0.1, -0.05) is 36.8 Å². The Morgan fingerprint density at radius 2 is 2.06 bits per heavy atom. The molecule has 2 nitrogen and oxygen atoms in total. The first kappa shape index (κ1) is 13.6. The lowest BCUT2D eigenvalue weighted by atomic mass is 9.99. The van der Waals surface area contributed by atoms with E-state index in [0.29, 0.717) is 18.1 Å². The van der Waals surface area contributed by atoms with Crippen LogP contribution >= 0.6 is 0 Å². The van der Waals surface area contributed by atoms with Crippen LogP contribution in [0.15, 0.2) is 24.3 Å². The van der Waals surface area contributed by atoms with E-state index in [1.54, 1.807) is 0 Å². The van der Waals surface area contributed by atoms with E-state index in [1.807, 2.05) is 0 Å². The highest BCUT2D eigenvalue weighted by molar-refractivity contribution is 5.24. The first-order chi connectivity index (χ1) is 8.70. The third kappa shape index (κ3) is 3.33. The highest BCUT2D eigenvalue weighted by Gasteiger charge is 2.24. The summed E-state index contributed by atoms with van der Waals surface area (Å²) < 4.78 is 5.61. The van der Waals surface area contributed by atoms with Gasteiger partial charge in [-0.25, -0.2) is 0 Å². The molecule has 1 fully saturated rings. The van der Waals surface area contributed by atoms with Crippen LogP contribution in [-0.2, 0) is 4.74 Å². The zero-order valence-corrected chi connectivity index (χ0v) is 11.8. The molecule has 1 N–H and O–H groups in total. The van der Waals surface area contributed by atoms with Gasteiger partial charge in [-0.15, -0.1) is 0 Å². The fraction of sp³-hybridized carbons (Fsp3) is 0.625. The third-order valence-corrected chi connectivity index (χ3v) is 4.05. The van der Waals surface area contributed by atoms with Gasteiger partial charge in [-0.3, -0.25) is 0 Å². The molecule has 0 aromatic heterocycles. The number of benzene rings is 1. The zero-order chi connectivity index (χ0) is 13.0. The molecule has 1 saturated heterocycles. The molecule has 1 heterocycles. The van der Waals surface area contributed by atoms with Crippen molar-refractivity contribution in [1.29, 1.82) is 0 Å². The van der Waals surface area contributed by atoms with Gasteiger partial charge < -0.3 is 10.1 Å². The van der Waals surface area contributed by atoms with Gasteiger partial charge >= 0.3 is 0 Å². The second-order valence-corrected chi connectivity index (χ2v) is 5.40. The molecule has 1 aromatic rings. The monoisotopic (exact) mass is 247 g/mol. The second kappa shape index (κ2) is 6.35. The molecule has 0 spiro atoms. The quantitative estimate of drug-likeness (QED) is 0.860. The summed E-state index contributed by atoms with van der Waals surface area (Å²) in [7, 11) is 0. The van der Waals surface area contributed by atoms with Crippen molar-refractivity contribution in [2.24, 2.45) is 5.92 Å². The van der Waals surface area contributed by atoms with Gasteiger partial charge in [0.05, 0.1) is 6.10 Å². The maximum absolute atomic E-state index is 5.61. The highest BCUT2D eigenvalue weighted by atomic mass is 16.5. The Kier molecular flexibility index (Phi) is 4.79. The maximum Gasteiger partial charge on any atom is 0.0588 e. The topological polar surface area (TPSA) is 21.3 Å². The molecule has 1 aliphatic heterocycles. The van der Waals surface area contributed by atoms with E-state index in [-0.39, 0.29) is 0 Å². The Balaban J connectivity index is 1.91. The Hall–Kier alpha value is -0.860. The fourth-order valence-electron chi connectivity index (χ4n) is 2.63. The normalized spacial score (nSPS) is 25.3. The van der Waals surface area contributed by atoms with Crippen molar-refractivity contribution in [2.45, 2.75) is 45.8 Å². The predicted octanol–water partition coefficient (Wildman–Crippen LogP) is 3.46. The standard InChI is InChI=1S/C16H25NO/c1-4-16(14-7-5-12(2)6-8-14)17-11-15-9-10-18-13(15)3/h5-8,13,15-17H,4,9-11H2,1-3H3. The van der Waals surface area contributed by atoms with Gasteiger partial charge in [0.15, 0.2) is 0 Å². The van der Waals surface area contributed by atoms with E-state index in [4.69, 9.17) is 4.74 Å². The van der Waals surface area contributed by atoms with E-state index >= 15 is 0 Å². The van der Waals surface area contributed by atoms with Crippen LogP contribution in [0.25, 0.3) is 0 Å². The van der Waals surface area contributed by atoms with E-state index in [1.165, 1.54) is 17.5 Å². The summed E-state index contributed by atoms with van der Waals surface area (Å²) in [6.07, 6.45) is 2.73. The SMILES string of the molecule is CCC(NCC1CCOC1C)c1ccc(C)cc1. The van der Waals surface area contributed by atoms with Crippen LogP contribution in [-0.4, -0.2) is 19.3 Å². The molecule has 2 heteroatoms. The lowest BCUT2D eigenvalue weighted by molar-refractivity contribution is 0.105. The van der Waals surface area contributed by atoms with E-state index < -0.39 is 0 Å². The minimum absolute atomic E-state index is 0.410. The molecule has 0 aliphatic carbocycles. The van der Waals surface area contributed by atoms with Crippen LogP contribution < -0.4 is 5.32 Å². The van der Waals surface area contributed by atoms with Crippen molar-refractivity contribution in [3.05, 3.63) is 35.4 Å². The van der Waals surface area contributed by atoms with Crippen LogP contribution in [0.1, 0.15) is 43.9 Å². The Labute approximate surface area is 111 Å². The lowest BCUT2D eigenvalue weighted by Crippen LogP contribution is -2.30. The van der Waals surface area contributed by atoms with Gasteiger partial charge in [0.25, 0.3) is 0 Å². The minimum Gasteiger partial charge on any atom is -0.378 e. The number of hydrogen-bond acceptors (Lipinski definition) is 2. The Morgan fingerprint density at radius 1 is 1.33 bits per heavy atom. The van der Waals surface area contributed by atoms with E-state index in [0.717, 1.165) is 19.6 Å². The summed E-state index contributed by atoms with van der Waals surface area (Å²) in [5, 5.41) is 3.70. The molecule has 3 atom stereocenters. The first-order valence-electron chi connectivity index (χ1n) is 7.12. The van der Waals surface area contributed by atoms with Gasteiger partial charge in [0, 0.05) is 19.2 Å². The molecule has 2 rings (SSSR count). The number of aryl methyl sites for hydroxylation is 1. The van der Waals surface area contributed by atoms with Gasteiger partial charge in [-0.05, 0) is 38.2 Å². The zero-order valence-electron chi connectivity index (χ0n) is 11.8. The largest absolute Gasteiger partial charge is 0.378 e. The molecule has 3 unspecified atom stereocenters. The van der Waals surface area contributed by atoms with Crippen molar-refractivity contribution < 1.29 is 4.74 Å². The molecule has 0 saturated carbocycles. The van der Waals surface area contributed by atoms with Gasteiger partial charge in [0.2, 0.25) is 0 Å². The van der Waals surface area contributed by atoms with Crippen molar-refractivity contribution in [3.8, 4) is 0 Å². The molecular formula is C16H25NO. The number of nitrogens with one attached hydrogen (secondary N) is 1. The van der Waals surface area contributed by atoms with E-state index in [2.05, 4.69) is 50.4 Å². The van der Waals surface area contributed by atoms with Crippen LogP contribution in [0.3, 0.4) is 0 Å². The van der Waals surface area contributed by atoms with Crippen LogP contribution in [0, 0.1) is 12.8 Å². The molecule has 0 bridgehead atoms. The summed E-state index contributed by atoms with van der Waals surface area (Å²) >= 11 is 0. The summed E-state index contributed by atoms with van der Waals surface area (Å²) in [6.45, 7) is 8.55. The Bertz CT molecular complexity index is 360. The third-order valence-electron chi connectivity index (χ3n) is 4.05. The summed E-state index contributed by atoms with van der Waals surface area (Å²) in [6, 6.07) is 9.34. The van der Waals surface area contributed by atoms with Crippen molar-refractivity contribution in [1.82, 2.24) is 5.32 Å². The van der Waals surface area contributed by atoms with Gasteiger partial charge in [0.1, 0.15) is 0 Å². The lowest BCUT2D eigenvalue weighted by Gasteiger charge is -2.21. The minimum atomic E-state index is 0.410. The maximum atomic E-state index is 5.61. The van der Waals surface area contributed by atoms with Crippen LogP contribution in [0.5, 0.6) is 0 Å². The predicted molar refractivity (Wildman–Crippen MR) is 75.7 cm³/mol. The van der Waals surface area contributed by atoms with Crippen LogP contribution in [0.2, 0.25) is 0 Å². The second-order valence-electron chi connectivity index (χ2n) is 5.40. The number of ether oxygens (including phenoxy) is 1.